The molecule has 1 atom stereocenters. The van der Waals surface area contributed by atoms with E-state index in [1.165, 1.54) is 0 Å². The van der Waals surface area contributed by atoms with Crippen molar-refractivity contribution in [2.45, 2.75) is 20.8 Å². The predicted octanol–water partition coefficient (Wildman–Crippen LogP) is 4.05. The predicted molar refractivity (Wildman–Crippen MR) is 73.6 cm³/mol. The second kappa shape index (κ2) is 6.60. The van der Waals surface area contributed by atoms with Crippen LogP contribution in [0.25, 0.3) is 6.08 Å². The lowest BCUT2D eigenvalue weighted by Crippen LogP contribution is -2.15. The number of rotatable bonds is 4. The number of carbonyl (C=O) groups is 1. The quantitative estimate of drug-likeness (QED) is 0.784. The first-order valence-electron chi connectivity index (χ1n) is 5.65. The summed E-state index contributed by atoms with van der Waals surface area (Å²) in [6.07, 6.45) is 2.01. The molecule has 0 aliphatic rings. The van der Waals surface area contributed by atoms with Gasteiger partial charge in [0.25, 0.3) is 0 Å². The lowest BCUT2D eigenvalue weighted by molar-refractivity contribution is -0.146. The molecular formula is C14H17BrO2. The highest BCUT2D eigenvalue weighted by atomic mass is 79.9. The van der Waals surface area contributed by atoms with E-state index < -0.39 is 0 Å². The Labute approximate surface area is 111 Å². The number of benzene rings is 1. The number of hydrogen-bond donors (Lipinski definition) is 0. The van der Waals surface area contributed by atoms with Gasteiger partial charge in [-0.15, -0.1) is 0 Å². The Kier molecular flexibility index (Phi) is 5.42. The third-order valence-electron chi connectivity index (χ3n) is 2.59. The smallest absolute Gasteiger partial charge is 0.312 e. The largest absolute Gasteiger partial charge is 0.466 e. The zero-order valence-corrected chi connectivity index (χ0v) is 12.0. The van der Waals surface area contributed by atoms with E-state index in [-0.39, 0.29) is 11.9 Å². The van der Waals surface area contributed by atoms with E-state index in [4.69, 9.17) is 4.74 Å². The van der Waals surface area contributed by atoms with Crippen molar-refractivity contribution in [2.24, 2.45) is 5.92 Å². The minimum absolute atomic E-state index is 0.168. The first-order valence-corrected chi connectivity index (χ1v) is 6.44. The Balaban J connectivity index is 2.77. The van der Waals surface area contributed by atoms with Crippen LogP contribution in [0, 0.1) is 5.92 Å². The number of hydrogen-bond acceptors (Lipinski definition) is 2. The molecule has 2 nitrogen and oxygen atoms in total. The second-order valence-corrected chi connectivity index (χ2v) is 4.83. The fraction of sp³-hybridized carbons (Fsp3) is 0.357. The van der Waals surface area contributed by atoms with Crippen molar-refractivity contribution >= 4 is 28.0 Å². The van der Waals surface area contributed by atoms with Crippen molar-refractivity contribution in [2.75, 3.05) is 6.61 Å². The van der Waals surface area contributed by atoms with Crippen LogP contribution in [-0.4, -0.2) is 12.6 Å². The van der Waals surface area contributed by atoms with Gasteiger partial charge < -0.3 is 4.74 Å². The fourth-order valence-electron chi connectivity index (χ4n) is 1.40. The molecule has 1 aromatic rings. The maximum Gasteiger partial charge on any atom is 0.312 e. The average molecular weight is 297 g/mol. The summed E-state index contributed by atoms with van der Waals surface area (Å²) in [4.78, 5) is 11.6. The summed E-state index contributed by atoms with van der Waals surface area (Å²) in [5.74, 6) is -0.364. The van der Waals surface area contributed by atoms with Gasteiger partial charge in [-0.05, 0) is 38.5 Å². The molecule has 0 fully saturated rings. The highest BCUT2D eigenvalue weighted by molar-refractivity contribution is 9.10. The van der Waals surface area contributed by atoms with E-state index in [9.17, 15) is 4.79 Å². The molecule has 0 saturated carbocycles. The van der Waals surface area contributed by atoms with Crippen LogP contribution in [-0.2, 0) is 9.53 Å². The maximum atomic E-state index is 11.6. The number of ether oxygens (including phenoxy) is 1. The topological polar surface area (TPSA) is 26.3 Å². The first kappa shape index (κ1) is 14.0. The van der Waals surface area contributed by atoms with Crippen molar-refractivity contribution in [1.82, 2.24) is 0 Å². The Morgan fingerprint density at radius 2 is 2.00 bits per heavy atom. The minimum atomic E-state index is -0.196. The summed E-state index contributed by atoms with van der Waals surface area (Å²) in [6.45, 7) is 6.06. The summed E-state index contributed by atoms with van der Waals surface area (Å²) in [5.41, 5.74) is 2.09. The highest BCUT2D eigenvalue weighted by Crippen LogP contribution is 2.18. The van der Waals surface area contributed by atoms with Crippen LogP contribution in [0.5, 0.6) is 0 Å². The van der Waals surface area contributed by atoms with E-state index in [1.807, 2.05) is 51.1 Å². The van der Waals surface area contributed by atoms with Crippen LogP contribution in [0.4, 0.5) is 0 Å². The first-order chi connectivity index (χ1) is 8.04. The highest BCUT2D eigenvalue weighted by Gasteiger charge is 2.15. The summed E-state index contributed by atoms with van der Waals surface area (Å²) >= 11 is 3.39. The summed E-state index contributed by atoms with van der Waals surface area (Å²) < 4.78 is 6.04. The lowest BCUT2D eigenvalue weighted by Gasteiger charge is -2.11. The lowest BCUT2D eigenvalue weighted by atomic mass is 10.0. The molecular weight excluding hydrogens is 280 g/mol. The van der Waals surface area contributed by atoms with Gasteiger partial charge in [-0.2, -0.15) is 0 Å². The SMILES string of the molecule is CCOC(=O)C(C)/C(C)=C/c1ccc(Br)cc1. The molecule has 0 heterocycles. The van der Waals surface area contributed by atoms with Crippen molar-refractivity contribution in [3.8, 4) is 0 Å². The molecule has 0 saturated heterocycles. The summed E-state index contributed by atoms with van der Waals surface area (Å²) in [5, 5.41) is 0. The average Bonchev–Trinajstić information content (AvgIpc) is 2.31. The van der Waals surface area contributed by atoms with Crippen LogP contribution < -0.4 is 0 Å². The van der Waals surface area contributed by atoms with Crippen LogP contribution in [0.1, 0.15) is 26.3 Å². The molecule has 0 radical (unpaired) electrons. The second-order valence-electron chi connectivity index (χ2n) is 3.91. The molecule has 0 spiro atoms. The molecule has 1 rings (SSSR count). The van der Waals surface area contributed by atoms with Crippen LogP contribution in [0.15, 0.2) is 34.3 Å². The molecule has 1 aromatic carbocycles. The van der Waals surface area contributed by atoms with Gasteiger partial charge in [0.15, 0.2) is 0 Å². The van der Waals surface area contributed by atoms with Gasteiger partial charge in [0, 0.05) is 4.47 Å². The van der Waals surface area contributed by atoms with E-state index in [0.717, 1.165) is 15.6 Å². The zero-order valence-electron chi connectivity index (χ0n) is 10.4. The summed E-state index contributed by atoms with van der Waals surface area (Å²) in [6, 6.07) is 7.97. The van der Waals surface area contributed by atoms with E-state index in [2.05, 4.69) is 15.9 Å². The van der Waals surface area contributed by atoms with Gasteiger partial charge in [-0.3, -0.25) is 4.79 Å². The Morgan fingerprint density at radius 3 is 2.53 bits per heavy atom. The van der Waals surface area contributed by atoms with Gasteiger partial charge in [0.2, 0.25) is 0 Å². The molecule has 0 aliphatic heterocycles. The minimum Gasteiger partial charge on any atom is -0.466 e. The van der Waals surface area contributed by atoms with Gasteiger partial charge >= 0.3 is 5.97 Å². The van der Waals surface area contributed by atoms with Crippen LogP contribution in [0.2, 0.25) is 0 Å². The van der Waals surface area contributed by atoms with Crippen molar-refractivity contribution in [3.63, 3.8) is 0 Å². The van der Waals surface area contributed by atoms with Gasteiger partial charge in [0.05, 0.1) is 12.5 Å². The van der Waals surface area contributed by atoms with Crippen molar-refractivity contribution in [3.05, 3.63) is 39.9 Å². The fourth-order valence-corrected chi connectivity index (χ4v) is 1.66. The summed E-state index contributed by atoms with van der Waals surface area (Å²) in [7, 11) is 0. The Morgan fingerprint density at radius 1 is 1.41 bits per heavy atom. The standard InChI is InChI=1S/C14H17BrO2/c1-4-17-14(16)11(3)10(2)9-12-5-7-13(15)8-6-12/h5-9,11H,4H2,1-3H3/b10-9+. The maximum absolute atomic E-state index is 11.6. The molecule has 1 unspecified atom stereocenters. The number of carbonyl (C=O) groups excluding carboxylic acids is 1. The van der Waals surface area contributed by atoms with Crippen LogP contribution >= 0.6 is 15.9 Å². The molecule has 0 aromatic heterocycles. The normalized spacial score (nSPS) is 13.3. The van der Waals surface area contributed by atoms with Gasteiger partial charge in [-0.25, -0.2) is 0 Å². The van der Waals surface area contributed by atoms with Crippen molar-refractivity contribution < 1.29 is 9.53 Å². The molecule has 0 bridgehead atoms. The monoisotopic (exact) mass is 296 g/mol. The molecule has 0 aliphatic carbocycles. The molecule has 17 heavy (non-hydrogen) atoms. The van der Waals surface area contributed by atoms with Gasteiger partial charge in [0.1, 0.15) is 0 Å². The van der Waals surface area contributed by atoms with E-state index >= 15 is 0 Å². The zero-order chi connectivity index (χ0) is 12.8. The van der Waals surface area contributed by atoms with Crippen molar-refractivity contribution in [1.29, 1.82) is 0 Å². The molecule has 92 valence electrons. The Hall–Kier alpha value is -1.09. The van der Waals surface area contributed by atoms with Crippen LogP contribution in [0.3, 0.4) is 0 Å². The molecule has 0 N–H and O–H groups in total. The van der Waals surface area contributed by atoms with E-state index in [0.29, 0.717) is 6.61 Å². The molecule has 3 heteroatoms. The molecule has 0 amide bonds. The Bertz CT molecular complexity index is 407. The number of esters is 1. The third-order valence-corrected chi connectivity index (χ3v) is 3.12. The third kappa shape index (κ3) is 4.35. The van der Waals surface area contributed by atoms with Gasteiger partial charge in [-0.1, -0.05) is 39.7 Å². The number of halogens is 1. The van der Waals surface area contributed by atoms with E-state index in [1.54, 1.807) is 0 Å².